The average molecular weight is 2290 g/mol. The predicted molar refractivity (Wildman–Crippen MR) is 28.8 cm³/mol. The molecule has 0 bridgehead atoms. The fourth-order valence-corrected chi connectivity index (χ4v) is 0. The molecule has 0 unspecified atom stereocenters. The summed E-state index contributed by atoms with van der Waals surface area (Å²) in [5, 5.41) is 126. The molecule has 0 amide bonds. The van der Waals surface area contributed by atoms with Crippen LogP contribution in [0.15, 0.2) is 0 Å². The summed E-state index contributed by atoms with van der Waals surface area (Å²) in [6, 6.07) is 0. The molecule has 35 heteroatoms. The minimum absolute atomic E-state index is 0. The molecule has 0 fully saturated rings. The van der Waals surface area contributed by atoms with Crippen LogP contribution in [-0.2, 0) is 0 Å². The van der Waals surface area contributed by atoms with Crippen LogP contribution in [0.5, 0.6) is 0 Å². The van der Waals surface area contributed by atoms with Crippen LogP contribution in [0.25, 0.3) is 0 Å². The number of hydrogen-bond donors (Lipinski definition) is 0. The molecule has 0 aromatic heterocycles. The van der Waals surface area contributed by atoms with Gasteiger partial charge in [-0.2, -0.15) is 0 Å². The van der Waals surface area contributed by atoms with Gasteiger partial charge in [0.2, 0.25) is 0 Å². The Kier molecular flexibility index (Phi) is 472. The van der Waals surface area contributed by atoms with Gasteiger partial charge in [0, 0.05) is 0 Å². The van der Waals surface area contributed by atoms with Crippen molar-refractivity contribution in [3.8, 4) is 0 Å². The van der Waals surface area contributed by atoms with Crippen molar-refractivity contribution in [2.45, 2.75) is 0 Å². The standard InChI is InChI=1S/5BO3.15Cs/c5*2-1(3)4;;;;;;;;;;;;;;;/q5*-3;15*+1. The van der Waals surface area contributed by atoms with Gasteiger partial charge in [0.05, 0.1) is 0 Å². The average Bonchev–Trinajstić information content (AvgIpc) is 1.94. The van der Waals surface area contributed by atoms with Crippen LogP contribution in [0.1, 0.15) is 0 Å². The molecule has 0 aromatic carbocycles. The van der Waals surface area contributed by atoms with Crippen molar-refractivity contribution in [3.05, 3.63) is 0 Å². The van der Waals surface area contributed by atoms with Crippen LogP contribution >= 0.6 is 0 Å². The van der Waals surface area contributed by atoms with Crippen molar-refractivity contribution in [3.63, 3.8) is 0 Å². The molecule has 0 rings (SSSR count). The Labute approximate surface area is 1090 Å². The Morgan fingerprint density at radius 3 is 0.143 bits per heavy atom. The predicted octanol–water partition coefficient (Wildman–Crippen LogP) is -64.7. The number of hydrogen-bond acceptors (Lipinski definition) is 15. The summed E-state index contributed by atoms with van der Waals surface area (Å²) in [7, 11) is -14.6. The molecular formula is B5Cs15O15. The molecule has 0 saturated carbocycles. The maximum atomic E-state index is 8.42. The molecule has 0 N–H and O–H groups in total. The van der Waals surface area contributed by atoms with Gasteiger partial charge in [-0.3, -0.25) is 36.6 Å². The van der Waals surface area contributed by atoms with Crippen LogP contribution < -0.4 is 1110 Å². The second kappa shape index (κ2) is 126. The van der Waals surface area contributed by atoms with Crippen LogP contribution in [0.3, 0.4) is 0 Å². The van der Waals surface area contributed by atoms with Gasteiger partial charge in [0.25, 0.3) is 0 Å². The van der Waals surface area contributed by atoms with Crippen LogP contribution in [0, 0.1) is 0 Å². The van der Waals surface area contributed by atoms with Crippen molar-refractivity contribution in [1.82, 2.24) is 0 Å². The van der Waals surface area contributed by atoms with E-state index in [1.165, 1.54) is 0 Å². The zero-order chi connectivity index (χ0) is 17.9. The van der Waals surface area contributed by atoms with Gasteiger partial charge in [-0.05, 0) is 0 Å². The Hall–Kier alpha value is 30.5. The Bertz CT molecular complexity index is 109. The van der Waals surface area contributed by atoms with E-state index in [1.54, 1.807) is 0 Å². The Balaban J connectivity index is -0.00000000403. The van der Waals surface area contributed by atoms with E-state index >= 15 is 0 Å². The van der Waals surface area contributed by atoms with E-state index in [0.29, 0.717) is 0 Å². The summed E-state index contributed by atoms with van der Waals surface area (Å²) in [4.78, 5) is 0. The van der Waals surface area contributed by atoms with Gasteiger partial charge in [0.15, 0.2) is 0 Å². The second-order valence-corrected chi connectivity index (χ2v) is 1.44. The Morgan fingerprint density at radius 1 is 0.143 bits per heavy atom. The van der Waals surface area contributed by atoms with Crippen molar-refractivity contribution in [1.29, 1.82) is 0 Å². The first kappa shape index (κ1) is 132. The van der Waals surface area contributed by atoms with E-state index in [1.807, 2.05) is 0 Å². The summed E-state index contributed by atoms with van der Waals surface area (Å²) in [6.07, 6.45) is 0. The van der Waals surface area contributed by atoms with Crippen molar-refractivity contribution >= 4 is 36.6 Å². The molecule has 35 heavy (non-hydrogen) atoms. The van der Waals surface area contributed by atoms with Gasteiger partial charge in [0.1, 0.15) is 0 Å². The summed E-state index contributed by atoms with van der Waals surface area (Å²) < 4.78 is 0. The first-order valence-electron chi connectivity index (χ1n) is 3.54. The van der Waals surface area contributed by atoms with E-state index in [9.17, 15) is 0 Å². The monoisotopic (exact) mass is 2290 g/mol. The van der Waals surface area contributed by atoms with E-state index < -0.39 is 36.6 Å². The smallest absolute Gasteiger partial charge is 0.907 e. The molecule has 0 saturated heterocycles. The summed E-state index contributed by atoms with van der Waals surface area (Å²) in [5.74, 6) is 0. The molecule has 0 aliphatic heterocycles. The van der Waals surface area contributed by atoms with Crippen molar-refractivity contribution in [2.75, 3.05) is 0 Å². The molecule has 0 spiro atoms. The third-order valence-electron chi connectivity index (χ3n) is 0. The van der Waals surface area contributed by atoms with Gasteiger partial charge >= 0.3 is 1030 Å². The van der Waals surface area contributed by atoms with E-state index in [4.69, 9.17) is 75.4 Å². The largest absolute Gasteiger partial charge is 1.00 e. The summed E-state index contributed by atoms with van der Waals surface area (Å²) in [5.41, 5.74) is 0. The topological polar surface area (TPSA) is 346 Å². The van der Waals surface area contributed by atoms with Gasteiger partial charge in [-0.15, -0.1) is 0 Å². The number of rotatable bonds is 0. The Morgan fingerprint density at radius 2 is 0.143 bits per heavy atom. The van der Waals surface area contributed by atoms with Gasteiger partial charge in [-0.1, -0.05) is 0 Å². The molecule has 0 aliphatic carbocycles. The molecule has 0 heterocycles. The molecule has 0 atom stereocenters. The molecule has 0 aliphatic rings. The fourth-order valence-electron chi connectivity index (χ4n) is 0. The summed E-state index contributed by atoms with van der Waals surface area (Å²) >= 11 is 0. The molecule has 15 nitrogen and oxygen atoms in total. The maximum absolute atomic E-state index is 8.42. The van der Waals surface area contributed by atoms with Gasteiger partial charge < -0.3 is 75.4 Å². The normalized spacial score (nSPS) is 3.86. The molecule has 0 aromatic rings. The third kappa shape index (κ3) is 271. The first-order chi connectivity index (χ1) is 8.66. The fraction of sp³-hybridized carbons (Fsp3) is 0. The zero-order valence-electron chi connectivity index (χ0n) is 24.0. The van der Waals surface area contributed by atoms with Crippen LogP contribution in [0.4, 0.5) is 0 Å². The summed E-state index contributed by atoms with van der Waals surface area (Å²) in [6.45, 7) is 0. The zero-order valence-corrected chi connectivity index (χ0v) is 118. The minimum atomic E-state index is -2.92. The molecule has 120 valence electrons. The molecular weight excluding hydrogens is 2290 g/mol. The van der Waals surface area contributed by atoms with Crippen molar-refractivity contribution in [2.24, 2.45) is 0 Å². The van der Waals surface area contributed by atoms with Crippen LogP contribution in [0.2, 0.25) is 0 Å². The van der Waals surface area contributed by atoms with E-state index in [2.05, 4.69) is 0 Å². The third-order valence-corrected chi connectivity index (χ3v) is 0. The SMILES string of the molecule is [Cs+].[Cs+].[Cs+].[Cs+].[Cs+].[Cs+].[Cs+].[Cs+].[Cs+].[Cs+].[Cs+].[Cs+].[Cs+].[Cs+].[Cs+].[O-]B([O-])[O-].[O-]B([O-])[O-].[O-]B([O-])[O-].[O-]B([O-])[O-].[O-]B([O-])[O-]. The molecule has 0 radical (unpaired) electrons. The first-order valence-corrected chi connectivity index (χ1v) is 3.54. The van der Waals surface area contributed by atoms with E-state index in [-0.39, 0.29) is 1030 Å². The second-order valence-electron chi connectivity index (χ2n) is 1.44. The maximum Gasteiger partial charge on any atom is 1.00 e. The quantitative estimate of drug-likeness (QED) is 0.203. The van der Waals surface area contributed by atoms with Crippen molar-refractivity contribution < 1.29 is 1110 Å². The minimum Gasteiger partial charge on any atom is -0.907 e. The van der Waals surface area contributed by atoms with Crippen LogP contribution in [-0.4, -0.2) is 36.6 Å². The van der Waals surface area contributed by atoms with Gasteiger partial charge in [-0.25, -0.2) is 0 Å². The van der Waals surface area contributed by atoms with E-state index in [0.717, 1.165) is 0 Å².